The van der Waals surface area contributed by atoms with Gasteiger partial charge < -0.3 is 14.1 Å². The van der Waals surface area contributed by atoms with Gasteiger partial charge in [0.05, 0.1) is 24.5 Å². The van der Waals surface area contributed by atoms with Crippen molar-refractivity contribution in [3.63, 3.8) is 0 Å². The maximum absolute atomic E-state index is 12.2. The highest BCUT2D eigenvalue weighted by atomic mass is 79.9. The number of hydrogen-bond acceptors (Lipinski definition) is 3. The van der Waals surface area contributed by atoms with Gasteiger partial charge in [-0.05, 0) is 34.8 Å². The van der Waals surface area contributed by atoms with Crippen molar-refractivity contribution in [2.75, 3.05) is 25.6 Å². The molecule has 0 saturated carbocycles. The number of nitrogens with zero attached hydrogens (tertiary/aromatic N) is 1. The summed E-state index contributed by atoms with van der Waals surface area (Å²) in [5, 5.41) is 0. The molecule has 4 nitrogen and oxygen atoms in total. The van der Waals surface area contributed by atoms with Crippen LogP contribution in [0.15, 0.2) is 21.4 Å². The van der Waals surface area contributed by atoms with Crippen molar-refractivity contribution in [3.05, 3.63) is 22.6 Å². The molecule has 6 heteroatoms. The van der Waals surface area contributed by atoms with E-state index in [4.69, 9.17) is 20.8 Å². The predicted molar refractivity (Wildman–Crippen MR) is 72.0 cm³/mol. The fourth-order valence-corrected chi connectivity index (χ4v) is 2.55. The Kier molecular flexibility index (Phi) is 5.09. The van der Waals surface area contributed by atoms with Gasteiger partial charge in [0.15, 0.2) is 4.67 Å². The number of hydrogen-bond donors (Lipinski definition) is 0. The van der Waals surface area contributed by atoms with Crippen LogP contribution < -0.4 is 0 Å². The monoisotopic (exact) mass is 335 g/mol. The topological polar surface area (TPSA) is 42.7 Å². The highest BCUT2D eigenvalue weighted by molar-refractivity contribution is 9.10. The van der Waals surface area contributed by atoms with Gasteiger partial charge >= 0.3 is 0 Å². The quantitative estimate of drug-likeness (QED) is 0.794. The summed E-state index contributed by atoms with van der Waals surface area (Å²) in [4.78, 5) is 14.0. The minimum atomic E-state index is 0.00594. The molecule has 0 radical (unpaired) electrons. The largest absolute Gasteiger partial charge is 0.457 e. The fourth-order valence-electron chi connectivity index (χ4n) is 2.05. The molecule has 0 spiro atoms. The van der Waals surface area contributed by atoms with E-state index >= 15 is 0 Å². The lowest BCUT2D eigenvalue weighted by molar-refractivity contribution is 0.0153. The average molecular weight is 337 g/mol. The van der Waals surface area contributed by atoms with E-state index in [1.807, 2.05) is 4.90 Å². The predicted octanol–water partition coefficient (Wildman–Crippen LogP) is 2.90. The van der Waals surface area contributed by atoms with E-state index in [9.17, 15) is 4.79 Å². The summed E-state index contributed by atoms with van der Waals surface area (Å²) >= 11 is 8.81. The van der Waals surface area contributed by atoms with Gasteiger partial charge in [-0.15, -0.1) is 11.6 Å². The lowest BCUT2D eigenvalue weighted by atomic mass is 10.1. The number of carbonyl (C=O) groups excluding carboxylic acids is 1. The molecule has 0 bridgehead atoms. The summed E-state index contributed by atoms with van der Waals surface area (Å²) in [5.74, 6) is 0.521. The smallest absolute Gasteiger partial charge is 0.258 e. The van der Waals surface area contributed by atoms with E-state index < -0.39 is 0 Å². The molecule has 1 aromatic heterocycles. The molecule has 18 heavy (non-hydrogen) atoms. The van der Waals surface area contributed by atoms with E-state index in [2.05, 4.69) is 15.9 Å². The van der Waals surface area contributed by atoms with Crippen LogP contribution in [0.25, 0.3) is 0 Å². The standard InChI is InChI=1S/C12H15BrClNO3/c13-11-10(3-7-18-11)12(16)15-5-1-9(2-6-15)17-8-4-14/h3,7,9H,1-2,4-6,8H2. The van der Waals surface area contributed by atoms with Gasteiger partial charge in [0.1, 0.15) is 0 Å². The molecule has 1 aliphatic heterocycles. The first-order valence-corrected chi connectivity index (χ1v) is 7.25. The van der Waals surface area contributed by atoms with E-state index in [1.165, 1.54) is 6.26 Å². The molecule has 1 aliphatic rings. The Morgan fingerprint density at radius 2 is 2.28 bits per heavy atom. The molecule has 1 fully saturated rings. The molecule has 0 unspecified atom stereocenters. The number of furan rings is 1. The minimum absolute atomic E-state index is 0.00594. The SMILES string of the molecule is O=C(c1ccoc1Br)N1CCC(OCCCl)CC1. The van der Waals surface area contributed by atoms with Crippen LogP contribution in [0.2, 0.25) is 0 Å². The van der Waals surface area contributed by atoms with Gasteiger partial charge in [0.25, 0.3) is 5.91 Å². The summed E-state index contributed by atoms with van der Waals surface area (Å²) in [6.07, 6.45) is 3.45. The van der Waals surface area contributed by atoms with Crippen LogP contribution in [0.3, 0.4) is 0 Å². The van der Waals surface area contributed by atoms with Crippen molar-refractivity contribution in [2.24, 2.45) is 0 Å². The first-order valence-electron chi connectivity index (χ1n) is 5.92. The third-order valence-corrected chi connectivity index (χ3v) is 3.78. The lowest BCUT2D eigenvalue weighted by Crippen LogP contribution is -2.41. The average Bonchev–Trinajstić information content (AvgIpc) is 2.82. The lowest BCUT2D eigenvalue weighted by Gasteiger charge is -2.31. The Balaban J connectivity index is 1.86. The molecule has 1 amide bonds. The highest BCUT2D eigenvalue weighted by Gasteiger charge is 2.25. The Bertz CT molecular complexity index is 402. The molecule has 1 saturated heterocycles. The molecular weight excluding hydrogens is 321 g/mol. The van der Waals surface area contributed by atoms with Crippen molar-refractivity contribution in [1.82, 2.24) is 4.90 Å². The maximum Gasteiger partial charge on any atom is 0.258 e. The van der Waals surface area contributed by atoms with E-state index in [-0.39, 0.29) is 12.0 Å². The first kappa shape index (κ1) is 13.9. The fraction of sp³-hybridized carbons (Fsp3) is 0.583. The van der Waals surface area contributed by atoms with Crippen molar-refractivity contribution in [1.29, 1.82) is 0 Å². The number of rotatable bonds is 4. The summed E-state index contributed by atoms with van der Waals surface area (Å²) in [7, 11) is 0. The molecule has 2 heterocycles. The van der Waals surface area contributed by atoms with Gasteiger partial charge in [0, 0.05) is 19.0 Å². The number of amides is 1. The molecule has 2 rings (SSSR count). The van der Waals surface area contributed by atoms with Crippen LogP contribution in [0.4, 0.5) is 0 Å². The maximum atomic E-state index is 12.2. The zero-order valence-corrected chi connectivity index (χ0v) is 12.2. The molecule has 0 N–H and O–H groups in total. The Morgan fingerprint density at radius 3 is 2.83 bits per heavy atom. The van der Waals surface area contributed by atoms with E-state index in [0.29, 0.717) is 35.8 Å². The molecule has 1 aromatic rings. The van der Waals surface area contributed by atoms with Crippen LogP contribution in [0, 0.1) is 0 Å². The van der Waals surface area contributed by atoms with Crippen LogP contribution >= 0.6 is 27.5 Å². The van der Waals surface area contributed by atoms with Crippen LogP contribution in [0.5, 0.6) is 0 Å². The second-order valence-corrected chi connectivity index (χ2v) is 5.26. The summed E-state index contributed by atoms with van der Waals surface area (Å²) in [6.45, 7) is 2.00. The van der Waals surface area contributed by atoms with Gasteiger partial charge in [0.2, 0.25) is 0 Å². The Morgan fingerprint density at radius 1 is 1.56 bits per heavy atom. The zero-order chi connectivity index (χ0) is 13.0. The zero-order valence-electron chi connectivity index (χ0n) is 9.90. The number of likely N-dealkylation sites (tertiary alicyclic amines) is 1. The Labute approximate surface area is 119 Å². The third kappa shape index (κ3) is 3.28. The van der Waals surface area contributed by atoms with Crippen molar-refractivity contribution in [2.45, 2.75) is 18.9 Å². The Hall–Kier alpha value is -0.520. The summed E-state index contributed by atoms with van der Waals surface area (Å²) in [6, 6.07) is 1.68. The molecule has 0 aromatic carbocycles. The van der Waals surface area contributed by atoms with Crippen LogP contribution in [-0.2, 0) is 4.74 Å². The normalized spacial score (nSPS) is 17.1. The highest BCUT2D eigenvalue weighted by Crippen LogP contribution is 2.22. The molecule has 100 valence electrons. The molecular formula is C12H15BrClNO3. The molecule has 0 aliphatic carbocycles. The summed E-state index contributed by atoms with van der Waals surface area (Å²) < 4.78 is 11.2. The minimum Gasteiger partial charge on any atom is -0.457 e. The first-order chi connectivity index (χ1) is 8.72. The summed E-state index contributed by atoms with van der Waals surface area (Å²) in [5.41, 5.74) is 0.579. The van der Waals surface area contributed by atoms with Crippen molar-refractivity contribution in [3.8, 4) is 0 Å². The van der Waals surface area contributed by atoms with E-state index in [1.54, 1.807) is 6.07 Å². The van der Waals surface area contributed by atoms with Crippen LogP contribution in [-0.4, -0.2) is 42.5 Å². The van der Waals surface area contributed by atoms with Crippen LogP contribution in [0.1, 0.15) is 23.2 Å². The second kappa shape index (κ2) is 6.59. The van der Waals surface area contributed by atoms with Crippen molar-refractivity contribution >= 4 is 33.4 Å². The number of piperidine rings is 1. The molecule has 0 atom stereocenters. The van der Waals surface area contributed by atoms with Crippen molar-refractivity contribution < 1.29 is 13.9 Å². The van der Waals surface area contributed by atoms with Gasteiger partial charge in [-0.3, -0.25) is 4.79 Å². The van der Waals surface area contributed by atoms with E-state index in [0.717, 1.165) is 12.8 Å². The van der Waals surface area contributed by atoms with Gasteiger partial charge in [-0.25, -0.2) is 0 Å². The number of alkyl halides is 1. The third-order valence-electron chi connectivity index (χ3n) is 3.01. The van der Waals surface area contributed by atoms with Gasteiger partial charge in [-0.2, -0.15) is 0 Å². The number of ether oxygens (including phenoxy) is 1. The second-order valence-electron chi connectivity index (χ2n) is 4.16. The number of halogens is 2. The van der Waals surface area contributed by atoms with Gasteiger partial charge in [-0.1, -0.05) is 0 Å². The number of carbonyl (C=O) groups is 1.